The Morgan fingerprint density at radius 1 is 1.28 bits per heavy atom. The quantitative estimate of drug-likeness (QED) is 0.551. The van der Waals surface area contributed by atoms with Gasteiger partial charge in [0.05, 0.1) is 0 Å². The van der Waals surface area contributed by atoms with Crippen LogP contribution in [-0.4, -0.2) is 12.3 Å². The summed E-state index contributed by atoms with van der Waals surface area (Å²) in [5.74, 6) is 1.28. The zero-order chi connectivity index (χ0) is 18.1. The van der Waals surface area contributed by atoms with Gasteiger partial charge in [-0.25, -0.2) is 0 Å². The summed E-state index contributed by atoms with van der Waals surface area (Å²) in [5, 5.41) is 3.56. The van der Waals surface area contributed by atoms with E-state index in [0.29, 0.717) is 12.0 Å². The van der Waals surface area contributed by atoms with Crippen molar-refractivity contribution in [2.75, 3.05) is 0 Å². The molecule has 0 aliphatic heterocycles. The van der Waals surface area contributed by atoms with E-state index in [1.807, 2.05) is 25.5 Å². The van der Waals surface area contributed by atoms with Crippen molar-refractivity contribution in [1.82, 2.24) is 5.32 Å². The molecule has 25 heavy (non-hydrogen) atoms. The van der Waals surface area contributed by atoms with Gasteiger partial charge in [-0.3, -0.25) is 4.99 Å². The third kappa shape index (κ3) is 5.59. The van der Waals surface area contributed by atoms with Crippen molar-refractivity contribution in [2.24, 2.45) is 10.9 Å². The zero-order valence-electron chi connectivity index (χ0n) is 16.2. The smallest absolute Gasteiger partial charge is 0.0299 e. The molecule has 0 heterocycles. The van der Waals surface area contributed by atoms with Crippen molar-refractivity contribution >= 4 is 11.8 Å². The second-order valence-corrected chi connectivity index (χ2v) is 7.32. The van der Waals surface area contributed by atoms with Crippen LogP contribution in [0.15, 0.2) is 48.2 Å². The lowest BCUT2D eigenvalue weighted by Crippen LogP contribution is -2.35. The molecule has 0 spiro atoms. The highest BCUT2D eigenvalue weighted by atomic mass is 14.9. The predicted molar refractivity (Wildman–Crippen MR) is 111 cm³/mol. The van der Waals surface area contributed by atoms with E-state index in [4.69, 9.17) is 0 Å². The summed E-state index contributed by atoms with van der Waals surface area (Å²) in [5.41, 5.74) is 3.97. The number of hydrogen-bond acceptors (Lipinski definition) is 2. The van der Waals surface area contributed by atoms with Crippen LogP contribution in [0.4, 0.5) is 0 Å². The van der Waals surface area contributed by atoms with Crippen LogP contribution in [-0.2, 0) is 0 Å². The first-order chi connectivity index (χ1) is 12.2. The monoisotopic (exact) mass is 338 g/mol. The van der Waals surface area contributed by atoms with Crippen molar-refractivity contribution in [3.63, 3.8) is 0 Å². The summed E-state index contributed by atoms with van der Waals surface area (Å²) in [6.45, 7) is 10.4. The summed E-state index contributed by atoms with van der Waals surface area (Å²) in [4.78, 5) is 4.30. The molecule has 2 unspecified atom stereocenters. The van der Waals surface area contributed by atoms with Crippen LogP contribution >= 0.6 is 0 Å². The third-order valence-electron chi connectivity index (χ3n) is 5.49. The van der Waals surface area contributed by atoms with Gasteiger partial charge in [0.25, 0.3) is 0 Å². The predicted octanol–water partition coefficient (Wildman–Crippen LogP) is 6.31. The summed E-state index contributed by atoms with van der Waals surface area (Å²) >= 11 is 0. The highest BCUT2D eigenvalue weighted by Gasteiger charge is 2.25. The fraction of sp³-hybridized carbons (Fsp3) is 0.522. The summed E-state index contributed by atoms with van der Waals surface area (Å²) < 4.78 is 0. The average Bonchev–Trinajstić information content (AvgIpc) is 2.66. The highest BCUT2D eigenvalue weighted by Crippen LogP contribution is 2.34. The Kier molecular flexibility index (Phi) is 7.97. The Hall–Kier alpha value is -1.83. The van der Waals surface area contributed by atoms with E-state index < -0.39 is 0 Å². The number of nitrogens with one attached hydrogen (secondary N) is 1. The van der Waals surface area contributed by atoms with Gasteiger partial charge in [-0.2, -0.15) is 0 Å². The SMILES string of the molecule is C=CNC(CC(C)c1ccccc1/C(C)=C/N=C\C)C1CCCCC1. The van der Waals surface area contributed by atoms with Gasteiger partial charge < -0.3 is 5.32 Å². The molecule has 0 aromatic heterocycles. The van der Waals surface area contributed by atoms with Gasteiger partial charge in [-0.1, -0.05) is 57.0 Å². The molecule has 1 saturated carbocycles. The first-order valence-electron chi connectivity index (χ1n) is 9.78. The number of allylic oxidation sites excluding steroid dienone is 1. The Morgan fingerprint density at radius 2 is 2.00 bits per heavy atom. The minimum absolute atomic E-state index is 0.504. The highest BCUT2D eigenvalue weighted by molar-refractivity contribution is 5.68. The standard InChI is InChI=1S/C23H34N2/c1-5-24-17-19(4)22-15-11-10-14-21(22)18(3)16-23(25-6-2)20-12-8-7-9-13-20/h5-6,10-11,14-15,17-18,20,23,25H,2,7-9,12-13,16H2,1,3-4H3/b19-17+,24-5-. The number of aliphatic imine (C=N–C) groups is 1. The van der Waals surface area contributed by atoms with Crippen LogP contribution in [0.2, 0.25) is 0 Å². The van der Waals surface area contributed by atoms with E-state index in [2.05, 4.69) is 55.0 Å². The Morgan fingerprint density at radius 3 is 2.68 bits per heavy atom. The number of hydrogen-bond donors (Lipinski definition) is 1. The molecule has 1 N–H and O–H groups in total. The molecule has 0 radical (unpaired) electrons. The molecule has 0 saturated heterocycles. The van der Waals surface area contributed by atoms with Gasteiger partial charge in [0.2, 0.25) is 0 Å². The Labute approximate surface area is 154 Å². The van der Waals surface area contributed by atoms with E-state index in [-0.39, 0.29) is 0 Å². The molecule has 0 amide bonds. The van der Waals surface area contributed by atoms with Crippen LogP contribution in [0.3, 0.4) is 0 Å². The van der Waals surface area contributed by atoms with E-state index in [9.17, 15) is 0 Å². The van der Waals surface area contributed by atoms with Crippen LogP contribution in [0.1, 0.15) is 76.3 Å². The maximum Gasteiger partial charge on any atom is 0.0299 e. The van der Waals surface area contributed by atoms with Crippen molar-refractivity contribution in [3.8, 4) is 0 Å². The van der Waals surface area contributed by atoms with Crippen molar-refractivity contribution in [2.45, 2.75) is 71.3 Å². The van der Waals surface area contributed by atoms with Gasteiger partial charge >= 0.3 is 0 Å². The lowest BCUT2D eigenvalue weighted by Gasteiger charge is -2.33. The average molecular weight is 339 g/mol. The number of nitrogens with zero attached hydrogens (tertiary/aromatic N) is 1. The van der Waals surface area contributed by atoms with Crippen LogP contribution in [0.5, 0.6) is 0 Å². The summed E-state index contributed by atoms with van der Waals surface area (Å²) in [6, 6.07) is 9.30. The maximum absolute atomic E-state index is 4.30. The van der Waals surface area contributed by atoms with Gasteiger partial charge in [-0.05, 0) is 67.8 Å². The minimum Gasteiger partial charge on any atom is -0.388 e. The van der Waals surface area contributed by atoms with Crippen LogP contribution < -0.4 is 5.32 Å². The molecule has 2 atom stereocenters. The first-order valence-corrected chi connectivity index (χ1v) is 9.78. The molecule has 0 bridgehead atoms. The Balaban J connectivity index is 2.18. The Bertz CT molecular complexity index is 594. The lowest BCUT2D eigenvalue weighted by molar-refractivity contribution is 0.265. The first kappa shape index (κ1) is 19.5. The molecule has 136 valence electrons. The fourth-order valence-electron chi connectivity index (χ4n) is 4.13. The summed E-state index contributed by atoms with van der Waals surface area (Å²) in [7, 11) is 0. The molecule has 1 aromatic carbocycles. The van der Waals surface area contributed by atoms with Gasteiger partial charge in [0.1, 0.15) is 0 Å². The lowest BCUT2D eigenvalue weighted by atomic mass is 9.78. The molecule has 2 rings (SSSR count). The molecule has 2 nitrogen and oxygen atoms in total. The van der Waals surface area contributed by atoms with Gasteiger partial charge in [0, 0.05) is 18.5 Å². The molecule has 1 aliphatic carbocycles. The fourth-order valence-corrected chi connectivity index (χ4v) is 4.13. The topological polar surface area (TPSA) is 24.4 Å². The summed E-state index contributed by atoms with van der Waals surface area (Å²) in [6.07, 6.45) is 13.7. The van der Waals surface area contributed by atoms with Crippen LogP contribution in [0, 0.1) is 5.92 Å². The molecule has 1 aliphatic rings. The molecule has 1 aromatic rings. The molecular formula is C23H34N2. The second-order valence-electron chi connectivity index (χ2n) is 7.32. The third-order valence-corrected chi connectivity index (χ3v) is 5.49. The van der Waals surface area contributed by atoms with E-state index >= 15 is 0 Å². The van der Waals surface area contributed by atoms with Crippen molar-refractivity contribution in [3.05, 3.63) is 54.4 Å². The minimum atomic E-state index is 0.504. The second kappa shape index (κ2) is 10.2. The van der Waals surface area contributed by atoms with Crippen LogP contribution in [0.25, 0.3) is 5.57 Å². The zero-order valence-corrected chi connectivity index (χ0v) is 16.2. The van der Waals surface area contributed by atoms with Crippen molar-refractivity contribution in [1.29, 1.82) is 0 Å². The molecule has 2 heteroatoms. The van der Waals surface area contributed by atoms with E-state index in [1.165, 1.54) is 48.8 Å². The van der Waals surface area contributed by atoms with E-state index in [1.54, 1.807) is 0 Å². The van der Waals surface area contributed by atoms with E-state index in [0.717, 1.165) is 12.3 Å². The van der Waals surface area contributed by atoms with Crippen molar-refractivity contribution < 1.29 is 0 Å². The largest absolute Gasteiger partial charge is 0.388 e. The molecular weight excluding hydrogens is 304 g/mol. The number of benzene rings is 1. The number of rotatable bonds is 8. The van der Waals surface area contributed by atoms with Gasteiger partial charge in [-0.15, -0.1) is 0 Å². The van der Waals surface area contributed by atoms with Gasteiger partial charge in [0.15, 0.2) is 0 Å². The maximum atomic E-state index is 4.30. The molecule has 1 fully saturated rings. The normalized spacial score (nSPS) is 18.9.